The van der Waals surface area contributed by atoms with Crippen molar-refractivity contribution in [1.82, 2.24) is 0 Å². The summed E-state index contributed by atoms with van der Waals surface area (Å²) in [7, 11) is 0. The largest absolute Gasteiger partial charge is 0.346 e. The Balaban J connectivity index is 2.21. The molecule has 1 heterocycles. The molecule has 0 spiro atoms. The maximum absolute atomic E-state index is 5.91. The third-order valence-corrected chi connectivity index (χ3v) is 3.70. The summed E-state index contributed by atoms with van der Waals surface area (Å²) in [4.78, 5) is 0. The van der Waals surface area contributed by atoms with Crippen LogP contribution in [0.3, 0.4) is 0 Å². The molecule has 0 bridgehead atoms. The van der Waals surface area contributed by atoms with Gasteiger partial charge in [0.2, 0.25) is 0 Å². The molecule has 2 rings (SSSR count). The normalized spacial score (nSPS) is 19.2. The van der Waals surface area contributed by atoms with Crippen LogP contribution in [0.25, 0.3) is 0 Å². The molecule has 1 saturated heterocycles. The highest BCUT2D eigenvalue weighted by molar-refractivity contribution is 9.09. The molecule has 1 aliphatic heterocycles. The first-order chi connectivity index (χ1) is 8.27. The van der Waals surface area contributed by atoms with Gasteiger partial charge in [-0.05, 0) is 25.0 Å². The van der Waals surface area contributed by atoms with Crippen LogP contribution in [0.1, 0.15) is 24.8 Å². The van der Waals surface area contributed by atoms with E-state index in [1.54, 1.807) is 0 Å². The number of hydrogen-bond donors (Lipinski definition) is 0. The molecule has 0 N–H and O–H groups in total. The van der Waals surface area contributed by atoms with Gasteiger partial charge in [-0.25, -0.2) is 0 Å². The highest BCUT2D eigenvalue weighted by Gasteiger charge is 2.35. The zero-order valence-electron chi connectivity index (χ0n) is 9.62. The van der Waals surface area contributed by atoms with Gasteiger partial charge in [0, 0.05) is 22.3 Å². The lowest BCUT2D eigenvalue weighted by atomic mass is 10.00. The quantitative estimate of drug-likeness (QED) is 0.778. The first kappa shape index (κ1) is 13.3. The van der Waals surface area contributed by atoms with Crippen LogP contribution in [0, 0.1) is 0 Å². The molecule has 0 radical (unpaired) electrons. The molecular formula is C13H16BrClO2. The Morgan fingerprint density at radius 2 is 1.82 bits per heavy atom. The number of hydrogen-bond acceptors (Lipinski definition) is 2. The standard InChI is InChI=1S/C13H16BrClO2/c14-8-1-7-13(16-9-2-10-17-13)11-3-5-12(15)6-4-11/h3-6H,1-2,7-10H2. The van der Waals surface area contributed by atoms with Gasteiger partial charge in [-0.1, -0.05) is 39.7 Å². The minimum atomic E-state index is -0.573. The predicted molar refractivity (Wildman–Crippen MR) is 72.7 cm³/mol. The summed E-state index contributed by atoms with van der Waals surface area (Å²) >= 11 is 9.36. The molecule has 0 amide bonds. The number of ether oxygens (including phenoxy) is 2. The fraction of sp³-hybridized carbons (Fsp3) is 0.538. The summed E-state index contributed by atoms with van der Waals surface area (Å²) in [6.07, 6.45) is 2.84. The second kappa shape index (κ2) is 6.19. The van der Waals surface area contributed by atoms with Crippen LogP contribution in [-0.4, -0.2) is 18.5 Å². The van der Waals surface area contributed by atoms with E-state index in [9.17, 15) is 0 Å². The van der Waals surface area contributed by atoms with Gasteiger partial charge < -0.3 is 9.47 Å². The van der Waals surface area contributed by atoms with E-state index in [0.29, 0.717) is 0 Å². The smallest absolute Gasteiger partial charge is 0.194 e. The van der Waals surface area contributed by atoms with Gasteiger partial charge in [0.05, 0.1) is 13.2 Å². The molecule has 0 atom stereocenters. The van der Waals surface area contributed by atoms with Crippen LogP contribution >= 0.6 is 27.5 Å². The van der Waals surface area contributed by atoms with Gasteiger partial charge >= 0.3 is 0 Å². The lowest BCUT2D eigenvalue weighted by Crippen LogP contribution is -2.38. The van der Waals surface area contributed by atoms with Crippen LogP contribution in [-0.2, 0) is 15.3 Å². The fourth-order valence-corrected chi connectivity index (χ4v) is 2.44. The van der Waals surface area contributed by atoms with E-state index in [1.165, 1.54) is 0 Å². The highest BCUT2D eigenvalue weighted by atomic mass is 79.9. The monoisotopic (exact) mass is 318 g/mol. The third kappa shape index (κ3) is 3.22. The number of halogens is 2. The van der Waals surface area contributed by atoms with Crippen molar-refractivity contribution in [1.29, 1.82) is 0 Å². The van der Waals surface area contributed by atoms with Crippen molar-refractivity contribution in [3.8, 4) is 0 Å². The molecular weight excluding hydrogens is 303 g/mol. The van der Waals surface area contributed by atoms with Crippen molar-refractivity contribution in [2.75, 3.05) is 18.5 Å². The average Bonchev–Trinajstić information content (AvgIpc) is 2.38. The predicted octanol–water partition coefficient (Wildman–Crippen LogP) is 4.10. The van der Waals surface area contributed by atoms with Crippen molar-refractivity contribution in [3.63, 3.8) is 0 Å². The van der Waals surface area contributed by atoms with Crippen LogP contribution in [0.2, 0.25) is 5.02 Å². The van der Waals surface area contributed by atoms with Crippen molar-refractivity contribution in [2.45, 2.75) is 25.0 Å². The average molecular weight is 320 g/mol. The molecule has 94 valence electrons. The zero-order valence-corrected chi connectivity index (χ0v) is 12.0. The minimum absolute atomic E-state index is 0.573. The Kier molecular flexibility index (Phi) is 4.86. The molecule has 0 aromatic heterocycles. The molecule has 1 aromatic rings. The fourth-order valence-electron chi connectivity index (χ4n) is 2.03. The zero-order chi connectivity index (χ0) is 12.1. The molecule has 0 saturated carbocycles. The molecule has 4 heteroatoms. The van der Waals surface area contributed by atoms with E-state index in [-0.39, 0.29) is 0 Å². The Hall–Kier alpha value is -0.0900. The summed E-state index contributed by atoms with van der Waals surface area (Å²) < 4.78 is 11.8. The second-order valence-corrected chi connectivity index (χ2v) is 5.33. The molecule has 1 aromatic carbocycles. The summed E-state index contributed by atoms with van der Waals surface area (Å²) in [6.45, 7) is 1.51. The van der Waals surface area contributed by atoms with Crippen LogP contribution in [0.5, 0.6) is 0 Å². The SMILES string of the molecule is Clc1ccc(C2(CCCBr)OCCCO2)cc1. The Morgan fingerprint density at radius 3 is 2.41 bits per heavy atom. The maximum atomic E-state index is 5.91. The second-order valence-electron chi connectivity index (χ2n) is 4.10. The van der Waals surface area contributed by atoms with Gasteiger partial charge in [-0.2, -0.15) is 0 Å². The van der Waals surface area contributed by atoms with E-state index in [1.807, 2.05) is 24.3 Å². The Morgan fingerprint density at radius 1 is 1.18 bits per heavy atom. The van der Waals surface area contributed by atoms with E-state index in [0.717, 1.165) is 48.4 Å². The van der Waals surface area contributed by atoms with Crippen molar-refractivity contribution in [2.24, 2.45) is 0 Å². The van der Waals surface area contributed by atoms with E-state index < -0.39 is 5.79 Å². The Labute approximate surface area is 115 Å². The highest BCUT2D eigenvalue weighted by Crippen LogP contribution is 2.35. The topological polar surface area (TPSA) is 18.5 Å². The first-order valence-corrected chi connectivity index (χ1v) is 7.37. The van der Waals surface area contributed by atoms with Crippen molar-refractivity contribution < 1.29 is 9.47 Å². The van der Waals surface area contributed by atoms with E-state index in [2.05, 4.69) is 15.9 Å². The van der Waals surface area contributed by atoms with Crippen LogP contribution < -0.4 is 0 Å². The summed E-state index contributed by atoms with van der Waals surface area (Å²) in [6, 6.07) is 7.74. The minimum Gasteiger partial charge on any atom is -0.346 e. The van der Waals surface area contributed by atoms with Gasteiger partial charge in [0.1, 0.15) is 0 Å². The van der Waals surface area contributed by atoms with Gasteiger partial charge in [0.25, 0.3) is 0 Å². The van der Waals surface area contributed by atoms with E-state index >= 15 is 0 Å². The summed E-state index contributed by atoms with van der Waals surface area (Å²) in [5.74, 6) is -0.573. The molecule has 0 aliphatic carbocycles. The first-order valence-electron chi connectivity index (χ1n) is 5.87. The van der Waals surface area contributed by atoms with Gasteiger partial charge in [0.15, 0.2) is 5.79 Å². The molecule has 1 fully saturated rings. The third-order valence-electron chi connectivity index (χ3n) is 2.88. The van der Waals surface area contributed by atoms with Gasteiger partial charge in [-0.15, -0.1) is 0 Å². The molecule has 17 heavy (non-hydrogen) atoms. The Bertz CT molecular complexity index is 347. The van der Waals surface area contributed by atoms with Gasteiger partial charge in [-0.3, -0.25) is 0 Å². The summed E-state index contributed by atoms with van der Waals surface area (Å²) in [5.41, 5.74) is 1.06. The molecule has 2 nitrogen and oxygen atoms in total. The number of rotatable bonds is 4. The maximum Gasteiger partial charge on any atom is 0.194 e. The van der Waals surface area contributed by atoms with Crippen LogP contribution in [0.15, 0.2) is 24.3 Å². The molecule has 1 aliphatic rings. The number of alkyl halides is 1. The van der Waals surface area contributed by atoms with E-state index in [4.69, 9.17) is 21.1 Å². The lowest BCUT2D eigenvalue weighted by molar-refractivity contribution is -0.279. The van der Waals surface area contributed by atoms with Crippen molar-refractivity contribution >= 4 is 27.5 Å². The van der Waals surface area contributed by atoms with Crippen molar-refractivity contribution in [3.05, 3.63) is 34.9 Å². The number of benzene rings is 1. The lowest BCUT2D eigenvalue weighted by Gasteiger charge is -2.37. The van der Waals surface area contributed by atoms with Crippen LogP contribution in [0.4, 0.5) is 0 Å². The summed E-state index contributed by atoms with van der Waals surface area (Å²) in [5, 5.41) is 1.69. The molecule has 0 unspecified atom stereocenters.